The number of hydrogen-bond acceptors (Lipinski definition) is 3. The smallest absolute Gasteiger partial charge is 0.117 e. The van der Waals surface area contributed by atoms with Crippen LogP contribution in [0.1, 0.15) is 11.3 Å². The lowest BCUT2D eigenvalue weighted by molar-refractivity contribution is 0.580. The van der Waals surface area contributed by atoms with Crippen LogP contribution in [0.15, 0.2) is 61.2 Å². The molecule has 0 fully saturated rings. The van der Waals surface area contributed by atoms with E-state index in [9.17, 15) is 0 Å². The minimum Gasteiger partial charge on any atom is -0.308 e. The summed E-state index contributed by atoms with van der Waals surface area (Å²) in [5.74, 6) is 0. The molecule has 128 valence electrons. The Bertz CT molecular complexity index is 859. The fourth-order valence-corrected chi connectivity index (χ4v) is 2.96. The fourth-order valence-electron chi connectivity index (χ4n) is 2.49. The summed E-state index contributed by atoms with van der Waals surface area (Å²) in [4.78, 5) is 1.67. The molecule has 0 aliphatic heterocycles. The van der Waals surface area contributed by atoms with Gasteiger partial charge in [0.05, 0.1) is 6.54 Å². The summed E-state index contributed by atoms with van der Waals surface area (Å²) in [6.45, 7) is 5.53. The Hall–Kier alpha value is -2.14. The van der Waals surface area contributed by atoms with Crippen molar-refractivity contribution in [3.63, 3.8) is 0 Å². The summed E-state index contributed by atoms with van der Waals surface area (Å²) in [5, 5.41) is 13.8. The Balaban J connectivity index is 1.90. The van der Waals surface area contributed by atoms with Crippen molar-refractivity contribution in [1.29, 1.82) is 0 Å². The Labute approximate surface area is 157 Å². The van der Waals surface area contributed by atoms with Gasteiger partial charge >= 0.3 is 0 Å². The zero-order valence-electron chi connectivity index (χ0n) is 13.6. The molecule has 3 rings (SSSR count). The minimum absolute atomic E-state index is 0.483. The molecule has 0 aliphatic rings. The van der Waals surface area contributed by atoms with Crippen molar-refractivity contribution in [2.24, 2.45) is 0 Å². The van der Waals surface area contributed by atoms with Crippen LogP contribution in [0.5, 0.6) is 0 Å². The second-order valence-electron chi connectivity index (χ2n) is 5.55. The van der Waals surface area contributed by atoms with E-state index in [2.05, 4.69) is 22.1 Å². The maximum Gasteiger partial charge on any atom is 0.117 e. The number of nitrogens with zero attached hydrogens (tertiary/aromatic N) is 3. The standard InChI is InChI=1S/C19H18Cl2N4/c1-2-10-22-12-18-19(14-6-4-3-5-7-14)24-25(23-18)13-15-8-9-16(20)11-17(15)21/h2-9,11,22H,1,10,12-13H2. The van der Waals surface area contributed by atoms with Crippen molar-refractivity contribution in [2.75, 3.05) is 6.54 Å². The SMILES string of the molecule is C=CCNCc1nn(Cc2ccc(Cl)cc2Cl)nc1-c1ccccc1. The predicted octanol–water partition coefficient (Wildman–Crippen LogP) is 4.58. The first kappa shape index (κ1) is 17.7. The van der Waals surface area contributed by atoms with Crippen molar-refractivity contribution in [3.05, 3.63) is 82.5 Å². The Morgan fingerprint density at radius 3 is 2.60 bits per heavy atom. The molecule has 2 aromatic carbocycles. The molecule has 0 bridgehead atoms. The van der Waals surface area contributed by atoms with Crippen molar-refractivity contribution < 1.29 is 0 Å². The maximum atomic E-state index is 6.27. The van der Waals surface area contributed by atoms with Crippen LogP contribution in [0.4, 0.5) is 0 Å². The van der Waals surface area contributed by atoms with Crippen LogP contribution in [0.2, 0.25) is 10.0 Å². The van der Waals surface area contributed by atoms with Gasteiger partial charge in [-0.1, -0.05) is 65.7 Å². The first-order valence-corrected chi connectivity index (χ1v) is 8.68. The molecule has 0 atom stereocenters. The molecule has 0 amide bonds. The van der Waals surface area contributed by atoms with Crippen LogP contribution in [0, 0.1) is 0 Å². The topological polar surface area (TPSA) is 42.7 Å². The molecule has 4 nitrogen and oxygen atoms in total. The maximum absolute atomic E-state index is 6.27. The van der Waals surface area contributed by atoms with Crippen LogP contribution in [0.3, 0.4) is 0 Å². The van der Waals surface area contributed by atoms with Crippen LogP contribution < -0.4 is 5.32 Å². The van der Waals surface area contributed by atoms with E-state index in [1.165, 1.54) is 0 Å². The van der Waals surface area contributed by atoms with Crippen LogP contribution in [-0.2, 0) is 13.1 Å². The molecule has 0 aliphatic carbocycles. The van der Waals surface area contributed by atoms with E-state index in [0.29, 0.717) is 29.7 Å². The lowest BCUT2D eigenvalue weighted by Gasteiger charge is -2.03. The van der Waals surface area contributed by atoms with Gasteiger partial charge in [-0.3, -0.25) is 0 Å². The summed E-state index contributed by atoms with van der Waals surface area (Å²) in [6.07, 6.45) is 1.82. The van der Waals surface area contributed by atoms with Gasteiger partial charge in [-0.25, -0.2) is 0 Å². The molecule has 0 unspecified atom stereocenters. The molecule has 6 heteroatoms. The summed E-state index contributed by atoms with van der Waals surface area (Å²) in [6, 6.07) is 15.5. The van der Waals surface area contributed by atoms with Gasteiger partial charge in [0.2, 0.25) is 0 Å². The third kappa shape index (κ3) is 4.48. The second kappa shape index (κ2) is 8.30. The molecular weight excluding hydrogens is 355 g/mol. The highest BCUT2D eigenvalue weighted by molar-refractivity contribution is 6.35. The number of aromatic nitrogens is 3. The minimum atomic E-state index is 0.483. The first-order chi connectivity index (χ1) is 12.2. The highest BCUT2D eigenvalue weighted by Crippen LogP contribution is 2.23. The van der Waals surface area contributed by atoms with Crippen molar-refractivity contribution in [3.8, 4) is 11.3 Å². The van der Waals surface area contributed by atoms with Gasteiger partial charge in [0.1, 0.15) is 11.4 Å². The molecule has 1 heterocycles. The Morgan fingerprint density at radius 2 is 1.88 bits per heavy atom. The predicted molar refractivity (Wildman–Crippen MR) is 103 cm³/mol. The van der Waals surface area contributed by atoms with E-state index in [1.807, 2.05) is 48.5 Å². The molecule has 0 saturated carbocycles. The zero-order chi connectivity index (χ0) is 17.6. The highest BCUT2D eigenvalue weighted by Gasteiger charge is 2.13. The largest absolute Gasteiger partial charge is 0.308 e. The Morgan fingerprint density at radius 1 is 1.08 bits per heavy atom. The Kier molecular flexibility index (Phi) is 5.87. The molecule has 0 saturated heterocycles. The van der Waals surface area contributed by atoms with Gasteiger partial charge in [-0.2, -0.15) is 15.0 Å². The normalized spacial score (nSPS) is 10.8. The summed E-state index contributed by atoms with van der Waals surface area (Å²) in [7, 11) is 0. The van der Waals surface area contributed by atoms with Crippen LogP contribution >= 0.6 is 23.2 Å². The summed E-state index contributed by atoms with van der Waals surface area (Å²) in [5.41, 5.74) is 3.71. The van der Waals surface area contributed by atoms with E-state index >= 15 is 0 Å². The van der Waals surface area contributed by atoms with E-state index in [0.717, 1.165) is 22.5 Å². The van der Waals surface area contributed by atoms with Crippen LogP contribution in [0.25, 0.3) is 11.3 Å². The number of nitrogens with one attached hydrogen (secondary N) is 1. The summed E-state index contributed by atoms with van der Waals surface area (Å²) >= 11 is 12.2. The van der Waals surface area contributed by atoms with Gasteiger partial charge in [-0.05, 0) is 17.7 Å². The molecule has 0 radical (unpaired) electrons. The average Bonchev–Trinajstić information content (AvgIpc) is 3.01. The van der Waals surface area contributed by atoms with Gasteiger partial charge in [-0.15, -0.1) is 6.58 Å². The van der Waals surface area contributed by atoms with E-state index in [-0.39, 0.29) is 0 Å². The number of halogens is 2. The highest BCUT2D eigenvalue weighted by atomic mass is 35.5. The third-order valence-electron chi connectivity index (χ3n) is 3.68. The fraction of sp³-hybridized carbons (Fsp3) is 0.158. The number of rotatable bonds is 7. The molecule has 1 N–H and O–H groups in total. The van der Waals surface area contributed by atoms with Crippen molar-refractivity contribution in [1.82, 2.24) is 20.3 Å². The lowest BCUT2D eigenvalue weighted by Crippen LogP contribution is -2.14. The van der Waals surface area contributed by atoms with Gasteiger partial charge in [0, 0.05) is 28.7 Å². The lowest BCUT2D eigenvalue weighted by atomic mass is 10.1. The number of benzene rings is 2. The summed E-state index contributed by atoms with van der Waals surface area (Å²) < 4.78 is 0. The second-order valence-corrected chi connectivity index (χ2v) is 6.39. The van der Waals surface area contributed by atoms with Crippen molar-refractivity contribution >= 4 is 23.2 Å². The first-order valence-electron chi connectivity index (χ1n) is 7.92. The quantitative estimate of drug-likeness (QED) is 0.487. The van der Waals surface area contributed by atoms with E-state index in [1.54, 1.807) is 10.9 Å². The number of hydrogen-bond donors (Lipinski definition) is 1. The van der Waals surface area contributed by atoms with Gasteiger partial charge in [0.25, 0.3) is 0 Å². The van der Waals surface area contributed by atoms with Gasteiger partial charge in [0.15, 0.2) is 0 Å². The van der Waals surface area contributed by atoms with Gasteiger partial charge < -0.3 is 5.32 Å². The third-order valence-corrected chi connectivity index (χ3v) is 4.27. The molecule has 3 aromatic rings. The average molecular weight is 373 g/mol. The molecule has 25 heavy (non-hydrogen) atoms. The van der Waals surface area contributed by atoms with E-state index < -0.39 is 0 Å². The van der Waals surface area contributed by atoms with E-state index in [4.69, 9.17) is 23.2 Å². The molecule has 1 aromatic heterocycles. The van der Waals surface area contributed by atoms with Crippen LogP contribution in [-0.4, -0.2) is 21.5 Å². The van der Waals surface area contributed by atoms with Crippen molar-refractivity contribution in [2.45, 2.75) is 13.1 Å². The zero-order valence-corrected chi connectivity index (χ0v) is 15.1. The molecular formula is C19H18Cl2N4. The monoisotopic (exact) mass is 372 g/mol. The molecule has 0 spiro atoms.